The zero-order chi connectivity index (χ0) is 15.0. The van der Waals surface area contributed by atoms with E-state index in [2.05, 4.69) is 15.2 Å². The summed E-state index contributed by atoms with van der Waals surface area (Å²) in [6.45, 7) is -0.766. The van der Waals surface area contributed by atoms with Crippen molar-refractivity contribution in [2.75, 3.05) is 20.2 Å². The molecule has 21 heavy (non-hydrogen) atoms. The fraction of sp³-hybridized carbons (Fsp3) is 0.583. The monoisotopic (exact) mass is 301 g/mol. The minimum absolute atomic E-state index is 0.223. The van der Waals surface area contributed by atoms with E-state index in [9.17, 15) is 13.2 Å². The number of alkyl halides is 3. The smallest absolute Gasteiger partial charge is 0.380 e. The molecule has 0 unspecified atom stereocenters. The normalized spacial score (nSPS) is 24.0. The van der Waals surface area contributed by atoms with Gasteiger partial charge in [-0.25, -0.2) is 0 Å². The largest absolute Gasteiger partial charge is 0.401 e. The predicted octanol–water partition coefficient (Wildman–Crippen LogP) is 1.45. The summed E-state index contributed by atoms with van der Waals surface area (Å²) >= 11 is 0. The van der Waals surface area contributed by atoms with E-state index in [1.807, 2.05) is 0 Å². The Hall–Kier alpha value is -1.74. The molecule has 2 atom stereocenters. The highest BCUT2D eigenvalue weighted by atomic mass is 19.4. The third kappa shape index (κ3) is 2.84. The van der Waals surface area contributed by atoms with Crippen LogP contribution in [0.1, 0.15) is 18.3 Å². The molecule has 1 aliphatic rings. The average Bonchev–Trinajstić information content (AvgIpc) is 3.00. The van der Waals surface area contributed by atoms with Crippen LogP contribution in [0.2, 0.25) is 0 Å². The van der Waals surface area contributed by atoms with Crippen molar-refractivity contribution in [1.82, 2.24) is 24.5 Å². The van der Waals surface area contributed by atoms with Gasteiger partial charge < -0.3 is 4.74 Å². The molecule has 0 radical (unpaired) electrons. The number of halogens is 3. The summed E-state index contributed by atoms with van der Waals surface area (Å²) in [5.74, 6) is 0.483. The molecule has 1 fully saturated rings. The minimum Gasteiger partial charge on any atom is -0.380 e. The van der Waals surface area contributed by atoms with Gasteiger partial charge >= 0.3 is 6.18 Å². The number of rotatable bonds is 3. The van der Waals surface area contributed by atoms with Crippen LogP contribution in [0.4, 0.5) is 13.2 Å². The van der Waals surface area contributed by atoms with Gasteiger partial charge in [-0.2, -0.15) is 13.2 Å². The van der Waals surface area contributed by atoms with Crippen molar-refractivity contribution in [3.05, 3.63) is 24.4 Å². The molecular weight excluding hydrogens is 287 g/mol. The summed E-state index contributed by atoms with van der Waals surface area (Å²) in [5.41, 5.74) is 0.514. The number of likely N-dealkylation sites (tertiary alicyclic amines) is 1. The molecule has 0 saturated carbocycles. The molecule has 2 aromatic rings. The maximum atomic E-state index is 12.7. The minimum atomic E-state index is -4.26. The molecule has 0 N–H and O–H groups in total. The molecule has 1 aliphatic heterocycles. The van der Waals surface area contributed by atoms with Crippen LogP contribution >= 0.6 is 0 Å². The molecule has 0 bridgehead atoms. The highest BCUT2D eigenvalue weighted by Crippen LogP contribution is 2.34. The molecule has 9 heteroatoms. The Morgan fingerprint density at radius 2 is 2.19 bits per heavy atom. The summed E-state index contributed by atoms with van der Waals surface area (Å²) in [6, 6.07) is -0.478. The first-order valence-electron chi connectivity index (χ1n) is 6.46. The lowest BCUT2D eigenvalue weighted by Gasteiger charge is -2.23. The number of methoxy groups -OCH3 is 1. The first kappa shape index (κ1) is 14.2. The summed E-state index contributed by atoms with van der Waals surface area (Å²) in [7, 11) is 1.50. The Kier molecular flexibility index (Phi) is 3.54. The van der Waals surface area contributed by atoms with Crippen LogP contribution in [0.15, 0.2) is 18.6 Å². The number of hydrogen-bond donors (Lipinski definition) is 0. The van der Waals surface area contributed by atoms with Crippen LogP contribution in [0.5, 0.6) is 0 Å². The molecule has 2 aromatic heterocycles. The van der Waals surface area contributed by atoms with E-state index in [1.54, 1.807) is 16.8 Å². The van der Waals surface area contributed by atoms with E-state index in [0.29, 0.717) is 17.9 Å². The molecule has 6 nitrogen and oxygen atoms in total. The Bertz CT molecular complexity index is 629. The second-order valence-electron chi connectivity index (χ2n) is 5.02. The maximum Gasteiger partial charge on any atom is 0.401 e. The Balaban J connectivity index is 1.94. The van der Waals surface area contributed by atoms with Crippen molar-refractivity contribution in [2.24, 2.45) is 0 Å². The van der Waals surface area contributed by atoms with E-state index in [1.165, 1.54) is 18.2 Å². The first-order chi connectivity index (χ1) is 9.98. The first-order valence-corrected chi connectivity index (χ1v) is 6.46. The number of hydrogen-bond acceptors (Lipinski definition) is 5. The molecule has 0 aliphatic carbocycles. The summed E-state index contributed by atoms with van der Waals surface area (Å²) < 4.78 is 45.1. The van der Waals surface area contributed by atoms with Crippen LogP contribution in [0.25, 0.3) is 5.65 Å². The summed E-state index contributed by atoms with van der Waals surface area (Å²) in [6.07, 6.45) is 0.672. The van der Waals surface area contributed by atoms with Crippen molar-refractivity contribution >= 4 is 5.65 Å². The fourth-order valence-corrected chi connectivity index (χ4v) is 2.70. The van der Waals surface area contributed by atoms with Gasteiger partial charge in [-0.1, -0.05) is 0 Å². The second kappa shape index (κ2) is 5.23. The van der Waals surface area contributed by atoms with Gasteiger partial charge in [0.05, 0.1) is 24.9 Å². The standard InChI is InChI=1S/C12H14F3N5O/c1-21-8-4-9(19(6-8)7-12(13,14)15)11-18-17-10-5-16-2-3-20(10)11/h2-3,5,8-9H,4,6-7H2,1H3/t8-,9+/m1/s1. The van der Waals surface area contributed by atoms with Gasteiger partial charge in [0, 0.05) is 26.0 Å². The van der Waals surface area contributed by atoms with Crippen molar-refractivity contribution < 1.29 is 17.9 Å². The van der Waals surface area contributed by atoms with E-state index in [0.717, 1.165) is 0 Å². The molecule has 114 valence electrons. The summed E-state index contributed by atoms with van der Waals surface area (Å²) in [4.78, 5) is 5.26. The van der Waals surface area contributed by atoms with Crippen LogP contribution in [0, 0.1) is 0 Å². The zero-order valence-electron chi connectivity index (χ0n) is 11.3. The average molecular weight is 301 g/mol. The number of nitrogens with zero attached hydrogens (tertiary/aromatic N) is 5. The SMILES string of the molecule is CO[C@@H]1C[C@@H](c2nnc3cnccn23)N(CC(F)(F)F)C1. The Morgan fingerprint density at radius 1 is 1.38 bits per heavy atom. The quantitative estimate of drug-likeness (QED) is 0.859. The van der Waals surface area contributed by atoms with E-state index in [-0.39, 0.29) is 12.6 Å². The van der Waals surface area contributed by atoms with E-state index >= 15 is 0 Å². The van der Waals surface area contributed by atoms with Gasteiger partial charge in [0.15, 0.2) is 11.5 Å². The lowest BCUT2D eigenvalue weighted by Crippen LogP contribution is -2.35. The molecule has 3 heterocycles. The van der Waals surface area contributed by atoms with Crippen LogP contribution < -0.4 is 0 Å². The molecule has 0 aromatic carbocycles. The van der Waals surface area contributed by atoms with Crippen molar-refractivity contribution in [1.29, 1.82) is 0 Å². The number of ether oxygens (including phenoxy) is 1. The van der Waals surface area contributed by atoms with Crippen LogP contribution in [-0.4, -0.2) is 57.0 Å². The molecule has 3 rings (SSSR count). The van der Waals surface area contributed by atoms with Crippen LogP contribution in [-0.2, 0) is 4.74 Å². The third-order valence-corrected chi connectivity index (χ3v) is 3.62. The fourth-order valence-electron chi connectivity index (χ4n) is 2.70. The maximum absolute atomic E-state index is 12.7. The molecule has 1 saturated heterocycles. The van der Waals surface area contributed by atoms with Gasteiger partial charge in [0.25, 0.3) is 0 Å². The molecule has 0 spiro atoms. The highest BCUT2D eigenvalue weighted by Gasteiger charge is 2.42. The Labute approximate surface area is 118 Å². The van der Waals surface area contributed by atoms with Gasteiger partial charge in [-0.15, -0.1) is 10.2 Å². The highest BCUT2D eigenvalue weighted by molar-refractivity contribution is 5.34. The van der Waals surface area contributed by atoms with Crippen LogP contribution in [0.3, 0.4) is 0 Å². The summed E-state index contributed by atoms with van der Waals surface area (Å²) in [5, 5.41) is 7.98. The number of aromatic nitrogens is 4. The third-order valence-electron chi connectivity index (χ3n) is 3.62. The van der Waals surface area contributed by atoms with Gasteiger partial charge in [0.2, 0.25) is 0 Å². The molecular formula is C12H14F3N5O. The van der Waals surface area contributed by atoms with Crippen molar-refractivity contribution in [3.8, 4) is 0 Å². The van der Waals surface area contributed by atoms with Gasteiger partial charge in [0.1, 0.15) is 0 Å². The van der Waals surface area contributed by atoms with Gasteiger partial charge in [-0.3, -0.25) is 14.3 Å². The lowest BCUT2D eigenvalue weighted by atomic mass is 10.2. The molecule has 0 amide bonds. The lowest BCUT2D eigenvalue weighted by molar-refractivity contribution is -0.148. The second-order valence-corrected chi connectivity index (χ2v) is 5.02. The topological polar surface area (TPSA) is 55.6 Å². The zero-order valence-corrected chi connectivity index (χ0v) is 11.3. The van der Waals surface area contributed by atoms with Gasteiger partial charge in [-0.05, 0) is 6.42 Å². The predicted molar refractivity (Wildman–Crippen MR) is 66.6 cm³/mol. The van der Waals surface area contributed by atoms with Crippen molar-refractivity contribution in [2.45, 2.75) is 24.7 Å². The Morgan fingerprint density at radius 3 is 2.90 bits per heavy atom. The number of fused-ring (bicyclic) bond motifs is 1. The van der Waals surface area contributed by atoms with E-state index in [4.69, 9.17) is 4.74 Å². The van der Waals surface area contributed by atoms with E-state index < -0.39 is 18.8 Å². The van der Waals surface area contributed by atoms with Crippen molar-refractivity contribution in [3.63, 3.8) is 0 Å².